The molecule has 5 nitrogen and oxygen atoms in total. The number of hydrogen-bond donors (Lipinski definition) is 1. The van der Waals surface area contributed by atoms with Gasteiger partial charge in [0.15, 0.2) is 0 Å². The molecule has 86 valence electrons. The van der Waals surface area contributed by atoms with Gasteiger partial charge in [-0.2, -0.15) is 0 Å². The third kappa shape index (κ3) is 2.23. The third-order valence-corrected chi connectivity index (χ3v) is 2.32. The number of carboxylic acid groups (broad SMARTS) is 1. The summed E-state index contributed by atoms with van der Waals surface area (Å²) in [5, 5.41) is 8.98. The maximum Gasteiger partial charge on any atom is 0.329 e. The number of carboxylic acids is 1. The molecule has 0 radical (unpaired) electrons. The molecule has 0 amide bonds. The fraction of sp³-hybridized carbons (Fsp3) is 0.0833. The number of hydrogen-bond acceptors (Lipinski definition) is 3. The second kappa shape index (κ2) is 4.21. The van der Waals surface area contributed by atoms with Crippen molar-refractivity contribution < 1.29 is 9.90 Å². The Labute approximate surface area is 96.6 Å². The van der Waals surface area contributed by atoms with E-state index in [1.54, 1.807) is 12.1 Å². The first-order valence-corrected chi connectivity index (χ1v) is 4.96. The van der Waals surface area contributed by atoms with Gasteiger partial charge in [-0.25, -0.2) is 9.78 Å². The zero-order valence-electron chi connectivity index (χ0n) is 9.12. The topological polar surface area (TPSA) is 72.2 Å². The van der Waals surface area contributed by atoms with Crippen molar-refractivity contribution in [3.05, 3.63) is 46.5 Å². The van der Waals surface area contributed by atoms with Crippen molar-refractivity contribution in [1.29, 1.82) is 0 Å². The average molecular weight is 230 g/mol. The number of nitrogens with zero attached hydrogens (tertiary/aromatic N) is 2. The van der Waals surface area contributed by atoms with Crippen molar-refractivity contribution in [2.24, 2.45) is 0 Å². The van der Waals surface area contributed by atoms with Gasteiger partial charge in [-0.1, -0.05) is 11.6 Å². The van der Waals surface area contributed by atoms with Crippen LogP contribution in [-0.4, -0.2) is 20.6 Å². The van der Waals surface area contributed by atoms with Crippen LogP contribution in [0.4, 0.5) is 0 Å². The van der Waals surface area contributed by atoms with Gasteiger partial charge in [0.2, 0.25) is 0 Å². The van der Waals surface area contributed by atoms with Crippen LogP contribution in [0.25, 0.3) is 17.1 Å². The Morgan fingerprint density at radius 3 is 2.94 bits per heavy atom. The molecule has 0 spiro atoms. The minimum atomic E-state index is -1.11. The zero-order valence-corrected chi connectivity index (χ0v) is 9.12. The van der Waals surface area contributed by atoms with E-state index in [1.165, 1.54) is 12.5 Å². The number of rotatable bonds is 2. The van der Waals surface area contributed by atoms with Gasteiger partial charge >= 0.3 is 5.97 Å². The minimum Gasteiger partial charge on any atom is -0.478 e. The molecule has 0 saturated carbocycles. The van der Waals surface area contributed by atoms with Crippen molar-refractivity contribution in [3.8, 4) is 0 Å². The predicted molar refractivity (Wildman–Crippen MR) is 63.7 cm³/mol. The lowest BCUT2D eigenvalue weighted by Crippen LogP contribution is -2.16. The summed E-state index contributed by atoms with van der Waals surface area (Å²) in [5.74, 6) is -1.11. The first kappa shape index (κ1) is 11.1. The number of carbonyl (C=O) groups is 1. The molecule has 0 unspecified atom stereocenters. The molecule has 1 heterocycles. The summed E-state index contributed by atoms with van der Waals surface area (Å²) in [4.78, 5) is 26.4. The van der Waals surface area contributed by atoms with Crippen molar-refractivity contribution in [3.63, 3.8) is 0 Å². The molecule has 1 aromatic carbocycles. The number of aliphatic carboxylic acids is 1. The molecule has 0 aliphatic heterocycles. The van der Waals surface area contributed by atoms with Gasteiger partial charge in [0.05, 0.1) is 10.9 Å². The minimum absolute atomic E-state index is 0.281. The highest BCUT2D eigenvalue weighted by Crippen LogP contribution is 2.08. The van der Waals surface area contributed by atoms with Gasteiger partial charge < -0.3 is 5.11 Å². The summed E-state index contributed by atoms with van der Waals surface area (Å²) in [5.41, 5.74) is 1.27. The summed E-state index contributed by atoms with van der Waals surface area (Å²) in [6.45, 7) is 1.88. The molecule has 2 aromatic rings. The van der Waals surface area contributed by atoms with Crippen molar-refractivity contribution in [2.45, 2.75) is 6.92 Å². The second-order valence-corrected chi connectivity index (χ2v) is 3.63. The van der Waals surface area contributed by atoms with Crippen LogP contribution in [0.3, 0.4) is 0 Å². The van der Waals surface area contributed by atoms with Gasteiger partial charge in [-0.3, -0.25) is 9.36 Å². The van der Waals surface area contributed by atoms with E-state index in [0.717, 1.165) is 16.2 Å². The van der Waals surface area contributed by atoms with Crippen LogP contribution >= 0.6 is 0 Å². The van der Waals surface area contributed by atoms with E-state index in [-0.39, 0.29) is 5.56 Å². The molecular weight excluding hydrogens is 220 g/mol. The molecule has 17 heavy (non-hydrogen) atoms. The Morgan fingerprint density at radius 1 is 1.47 bits per heavy atom. The van der Waals surface area contributed by atoms with Crippen LogP contribution in [0.15, 0.2) is 35.4 Å². The summed E-state index contributed by atoms with van der Waals surface area (Å²) >= 11 is 0. The van der Waals surface area contributed by atoms with Crippen LogP contribution in [0.5, 0.6) is 0 Å². The zero-order chi connectivity index (χ0) is 12.4. The quantitative estimate of drug-likeness (QED) is 0.788. The lowest BCUT2D eigenvalue weighted by Gasteiger charge is -2.01. The lowest BCUT2D eigenvalue weighted by molar-refractivity contribution is -0.131. The summed E-state index contributed by atoms with van der Waals surface area (Å²) in [7, 11) is 0. The number of aromatic nitrogens is 2. The van der Waals surface area contributed by atoms with Crippen molar-refractivity contribution >= 4 is 23.1 Å². The second-order valence-electron chi connectivity index (χ2n) is 3.63. The van der Waals surface area contributed by atoms with Crippen molar-refractivity contribution in [2.75, 3.05) is 0 Å². The molecule has 0 aliphatic rings. The standard InChI is InChI=1S/C12H10N2O3/c1-8-2-3-10-9(6-8)12(17)14(7-13-10)5-4-11(15)16/h2-7H,1H3,(H,15,16). The van der Waals surface area contributed by atoms with Crippen LogP contribution < -0.4 is 5.56 Å². The maximum absolute atomic E-state index is 12.0. The molecule has 0 fully saturated rings. The maximum atomic E-state index is 12.0. The van der Waals surface area contributed by atoms with E-state index in [0.29, 0.717) is 10.9 Å². The van der Waals surface area contributed by atoms with Crippen LogP contribution in [0.2, 0.25) is 0 Å². The Balaban J connectivity index is 2.65. The van der Waals surface area contributed by atoms with E-state index in [2.05, 4.69) is 4.98 Å². The summed E-state index contributed by atoms with van der Waals surface area (Å²) in [6, 6.07) is 5.36. The fourth-order valence-electron chi connectivity index (χ4n) is 1.50. The summed E-state index contributed by atoms with van der Waals surface area (Å²) in [6.07, 6.45) is 3.38. The monoisotopic (exact) mass is 230 g/mol. The van der Waals surface area contributed by atoms with Crippen molar-refractivity contribution in [1.82, 2.24) is 9.55 Å². The molecule has 2 rings (SSSR count). The van der Waals surface area contributed by atoms with E-state index < -0.39 is 5.97 Å². The third-order valence-electron chi connectivity index (χ3n) is 2.32. The molecule has 1 aromatic heterocycles. The van der Waals surface area contributed by atoms with Gasteiger partial charge in [0.1, 0.15) is 6.33 Å². The molecule has 0 bridgehead atoms. The van der Waals surface area contributed by atoms with E-state index in [1.807, 2.05) is 13.0 Å². The highest BCUT2D eigenvalue weighted by atomic mass is 16.4. The first-order valence-electron chi connectivity index (χ1n) is 4.96. The molecule has 5 heteroatoms. The highest BCUT2D eigenvalue weighted by molar-refractivity contribution is 5.83. The SMILES string of the molecule is Cc1ccc2ncn(C=CC(=O)O)c(=O)c2c1. The number of aryl methyl sites for hydroxylation is 1. The average Bonchev–Trinajstić information content (AvgIpc) is 2.29. The molecule has 1 N–H and O–H groups in total. The molecule has 0 saturated heterocycles. The van der Waals surface area contributed by atoms with Gasteiger partial charge in [-0.05, 0) is 19.1 Å². The largest absolute Gasteiger partial charge is 0.478 e. The van der Waals surface area contributed by atoms with Crippen LogP contribution in [-0.2, 0) is 4.79 Å². The number of benzene rings is 1. The Bertz CT molecular complexity index is 671. The van der Waals surface area contributed by atoms with Crippen LogP contribution in [0.1, 0.15) is 5.56 Å². The van der Waals surface area contributed by atoms with E-state index in [4.69, 9.17) is 5.11 Å². The lowest BCUT2D eigenvalue weighted by atomic mass is 10.2. The predicted octanol–water partition coefficient (Wildman–Crippen LogP) is 1.26. The highest BCUT2D eigenvalue weighted by Gasteiger charge is 2.02. The molecule has 0 aliphatic carbocycles. The Morgan fingerprint density at radius 2 is 2.24 bits per heavy atom. The molecular formula is C12H10N2O3. The van der Waals surface area contributed by atoms with Crippen LogP contribution in [0, 0.1) is 6.92 Å². The Hall–Kier alpha value is -2.43. The smallest absolute Gasteiger partial charge is 0.329 e. The van der Waals surface area contributed by atoms with Gasteiger partial charge in [0.25, 0.3) is 5.56 Å². The fourth-order valence-corrected chi connectivity index (χ4v) is 1.50. The van der Waals surface area contributed by atoms with E-state index >= 15 is 0 Å². The number of fused-ring (bicyclic) bond motifs is 1. The normalized spacial score (nSPS) is 11.1. The van der Waals surface area contributed by atoms with Gasteiger partial charge in [0, 0.05) is 12.3 Å². The van der Waals surface area contributed by atoms with E-state index in [9.17, 15) is 9.59 Å². The Kier molecular flexibility index (Phi) is 2.74. The molecule has 0 atom stereocenters. The summed E-state index contributed by atoms with van der Waals surface area (Å²) < 4.78 is 1.15. The first-order chi connectivity index (χ1) is 8.08. The van der Waals surface area contributed by atoms with Gasteiger partial charge in [-0.15, -0.1) is 0 Å².